The number of hydrogen-bond donors (Lipinski definition) is 1. The Morgan fingerprint density at radius 3 is 2.35 bits per heavy atom. The number of nitrogens with one attached hydrogen (secondary N) is 1. The van der Waals surface area contributed by atoms with Crippen LogP contribution >= 0.6 is 0 Å². The van der Waals surface area contributed by atoms with Crippen molar-refractivity contribution in [1.82, 2.24) is 4.90 Å². The van der Waals surface area contributed by atoms with Gasteiger partial charge in [0.15, 0.2) is 6.61 Å². The molecule has 3 aromatic rings. The van der Waals surface area contributed by atoms with Crippen LogP contribution in [0.15, 0.2) is 78.9 Å². The number of amides is 1. The van der Waals surface area contributed by atoms with Crippen molar-refractivity contribution in [2.24, 2.45) is 0 Å². The molecule has 5 nitrogen and oxygen atoms in total. The van der Waals surface area contributed by atoms with Gasteiger partial charge in [0.2, 0.25) is 0 Å². The largest absolute Gasteiger partial charge is 0.484 e. The molecule has 1 aliphatic rings. The Morgan fingerprint density at radius 1 is 0.903 bits per heavy atom. The fraction of sp³-hybridized carbons (Fsp3) is 0.240. The SMILES string of the molecule is O=C(COc1cccc(F)c1)Nc1ccc(N2CCN(Cc3ccccc3)CC2)cc1. The van der Waals surface area contributed by atoms with Crippen LogP contribution in [0.1, 0.15) is 5.56 Å². The highest BCUT2D eigenvalue weighted by Crippen LogP contribution is 2.20. The number of piperazine rings is 1. The Morgan fingerprint density at radius 2 is 1.65 bits per heavy atom. The molecule has 1 saturated heterocycles. The summed E-state index contributed by atoms with van der Waals surface area (Å²) in [6.07, 6.45) is 0. The minimum atomic E-state index is -0.394. The van der Waals surface area contributed by atoms with Crippen molar-refractivity contribution in [2.45, 2.75) is 6.54 Å². The Labute approximate surface area is 182 Å². The Balaban J connectivity index is 1.23. The predicted molar refractivity (Wildman–Crippen MR) is 121 cm³/mol. The van der Waals surface area contributed by atoms with E-state index in [1.165, 1.54) is 17.7 Å². The van der Waals surface area contributed by atoms with Crippen molar-refractivity contribution < 1.29 is 13.9 Å². The fourth-order valence-electron chi connectivity index (χ4n) is 3.66. The molecule has 31 heavy (non-hydrogen) atoms. The molecule has 4 rings (SSSR count). The van der Waals surface area contributed by atoms with Crippen LogP contribution in [0.2, 0.25) is 0 Å². The maximum Gasteiger partial charge on any atom is 0.262 e. The number of ether oxygens (including phenoxy) is 1. The third-order valence-corrected chi connectivity index (χ3v) is 5.30. The third-order valence-electron chi connectivity index (χ3n) is 5.30. The minimum absolute atomic E-state index is 0.172. The molecule has 160 valence electrons. The van der Waals surface area contributed by atoms with Crippen LogP contribution in [-0.2, 0) is 11.3 Å². The van der Waals surface area contributed by atoms with Crippen LogP contribution in [0.25, 0.3) is 0 Å². The van der Waals surface area contributed by atoms with Gasteiger partial charge in [-0.05, 0) is 42.0 Å². The lowest BCUT2D eigenvalue weighted by Gasteiger charge is -2.36. The van der Waals surface area contributed by atoms with Crippen LogP contribution in [0, 0.1) is 5.82 Å². The molecule has 1 fully saturated rings. The first-order chi connectivity index (χ1) is 15.2. The van der Waals surface area contributed by atoms with Gasteiger partial charge in [-0.1, -0.05) is 36.4 Å². The second kappa shape index (κ2) is 10.1. The van der Waals surface area contributed by atoms with Gasteiger partial charge in [0, 0.05) is 50.2 Å². The molecule has 0 radical (unpaired) electrons. The van der Waals surface area contributed by atoms with Gasteiger partial charge in [-0.15, -0.1) is 0 Å². The van der Waals surface area contributed by atoms with Gasteiger partial charge in [-0.3, -0.25) is 9.69 Å². The summed E-state index contributed by atoms with van der Waals surface area (Å²) in [6.45, 7) is 4.79. The Kier molecular flexibility index (Phi) is 6.79. The van der Waals surface area contributed by atoms with E-state index in [0.717, 1.165) is 38.4 Å². The molecule has 1 N–H and O–H groups in total. The van der Waals surface area contributed by atoms with E-state index in [0.29, 0.717) is 11.4 Å². The van der Waals surface area contributed by atoms with Crippen molar-refractivity contribution in [3.8, 4) is 5.75 Å². The monoisotopic (exact) mass is 419 g/mol. The summed E-state index contributed by atoms with van der Waals surface area (Å²) in [7, 11) is 0. The molecule has 0 aromatic heterocycles. The lowest BCUT2D eigenvalue weighted by molar-refractivity contribution is -0.118. The number of carbonyl (C=O) groups is 1. The Hall–Kier alpha value is -3.38. The summed E-state index contributed by atoms with van der Waals surface area (Å²) < 4.78 is 18.5. The van der Waals surface area contributed by atoms with E-state index in [1.807, 2.05) is 30.3 Å². The molecule has 6 heteroatoms. The molecular formula is C25H26FN3O2. The van der Waals surface area contributed by atoms with E-state index in [4.69, 9.17) is 4.74 Å². The van der Waals surface area contributed by atoms with Gasteiger partial charge in [0.25, 0.3) is 5.91 Å². The van der Waals surface area contributed by atoms with E-state index in [2.05, 4.69) is 39.4 Å². The zero-order valence-electron chi connectivity index (χ0n) is 17.3. The molecule has 0 unspecified atom stereocenters. The minimum Gasteiger partial charge on any atom is -0.484 e. The predicted octanol–water partition coefficient (Wildman–Crippen LogP) is 4.17. The summed E-state index contributed by atoms with van der Waals surface area (Å²) in [4.78, 5) is 16.9. The van der Waals surface area contributed by atoms with Crippen LogP contribution in [0.3, 0.4) is 0 Å². The second-order valence-electron chi connectivity index (χ2n) is 7.59. The smallest absolute Gasteiger partial charge is 0.262 e. The van der Waals surface area contributed by atoms with Gasteiger partial charge >= 0.3 is 0 Å². The van der Waals surface area contributed by atoms with Gasteiger partial charge in [0.05, 0.1) is 0 Å². The molecular weight excluding hydrogens is 393 g/mol. The average Bonchev–Trinajstić information content (AvgIpc) is 2.80. The summed E-state index contributed by atoms with van der Waals surface area (Å²) in [6, 6.07) is 24.1. The van der Waals surface area contributed by atoms with E-state index < -0.39 is 5.82 Å². The molecule has 1 aliphatic heterocycles. The summed E-state index contributed by atoms with van der Waals surface area (Å²) in [5.74, 6) is -0.349. The van der Waals surface area contributed by atoms with Gasteiger partial charge in [0.1, 0.15) is 11.6 Å². The van der Waals surface area contributed by atoms with Gasteiger partial charge in [-0.25, -0.2) is 4.39 Å². The zero-order chi connectivity index (χ0) is 21.5. The van der Waals surface area contributed by atoms with Crippen molar-refractivity contribution >= 4 is 17.3 Å². The van der Waals surface area contributed by atoms with Crippen LogP contribution in [0.5, 0.6) is 5.75 Å². The fourth-order valence-corrected chi connectivity index (χ4v) is 3.66. The lowest BCUT2D eigenvalue weighted by Crippen LogP contribution is -2.45. The van der Waals surface area contributed by atoms with E-state index in [9.17, 15) is 9.18 Å². The first-order valence-corrected chi connectivity index (χ1v) is 10.5. The first-order valence-electron chi connectivity index (χ1n) is 10.5. The molecule has 0 saturated carbocycles. The number of carbonyl (C=O) groups excluding carboxylic acids is 1. The molecule has 0 spiro atoms. The van der Waals surface area contributed by atoms with Crippen LogP contribution < -0.4 is 15.0 Å². The molecule has 1 heterocycles. The second-order valence-corrected chi connectivity index (χ2v) is 7.59. The quantitative estimate of drug-likeness (QED) is 0.625. The zero-order valence-corrected chi connectivity index (χ0v) is 17.3. The average molecular weight is 420 g/mol. The van der Waals surface area contributed by atoms with Gasteiger partial charge < -0.3 is 15.0 Å². The van der Waals surface area contributed by atoms with Crippen molar-refractivity contribution in [3.05, 3.63) is 90.2 Å². The summed E-state index contributed by atoms with van der Waals surface area (Å²) in [5, 5.41) is 2.81. The molecule has 3 aromatic carbocycles. The normalized spacial score (nSPS) is 14.3. The summed E-state index contributed by atoms with van der Waals surface area (Å²) in [5.41, 5.74) is 3.20. The highest BCUT2D eigenvalue weighted by molar-refractivity contribution is 5.92. The first kappa shape index (κ1) is 20.9. The Bertz CT molecular complexity index is 987. The standard InChI is InChI=1S/C25H26FN3O2/c26-21-7-4-8-24(17-21)31-19-25(30)27-22-9-11-23(12-10-22)29-15-13-28(14-16-29)18-20-5-2-1-3-6-20/h1-12,17H,13-16,18-19H2,(H,27,30). The van der Waals surface area contributed by atoms with E-state index in [1.54, 1.807) is 12.1 Å². The molecule has 1 amide bonds. The van der Waals surface area contributed by atoms with E-state index in [-0.39, 0.29) is 12.5 Å². The van der Waals surface area contributed by atoms with Crippen molar-refractivity contribution in [2.75, 3.05) is 43.0 Å². The van der Waals surface area contributed by atoms with Crippen molar-refractivity contribution in [3.63, 3.8) is 0 Å². The number of benzene rings is 3. The van der Waals surface area contributed by atoms with Crippen LogP contribution in [-0.4, -0.2) is 43.6 Å². The maximum absolute atomic E-state index is 13.2. The highest BCUT2D eigenvalue weighted by atomic mass is 19.1. The van der Waals surface area contributed by atoms with Gasteiger partial charge in [-0.2, -0.15) is 0 Å². The number of anilines is 2. The third kappa shape index (κ3) is 6.06. The highest BCUT2D eigenvalue weighted by Gasteiger charge is 2.17. The maximum atomic E-state index is 13.2. The number of hydrogen-bond acceptors (Lipinski definition) is 4. The summed E-state index contributed by atoms with van der Waals surface area (Å²) >= 11 is 0. The topological polar surface area (TPSA) is 44.8 Å². The number of halogens is 1. The number of nitrogens with zero attached hydrogens (tertiary/aromatic N) is 2. The lowest BCUT2D eigenvalue weighted by atomic mass is 10.2. The van der Waals surface area contributed by atoms with Crippen molar-refractivity contribution in [1.29, 1.82) is 0 Å². The van der Waals surface area contributed by atoms with E-state index >= 15 is 0 Å². The molecule has 0 atom stereocenters. The molecule has 0 bridgehead atoms. The molecule has 0 aliphatic carbocycles. The van der Waals surface area contributed by atoms with Crippen LogP contribution in [0.4, 0.5) is 15.8 Å². The number of rotatable bonds is 7.